The average molecular weight is 318 g/mol. The number of carbonyl (C=O) groups is 1. The molecule has 22 heavy (non-hydrogen) atoms. The monoisotopic (exact) mass is 317 g/mol. The van der Waals surface area contributed by atoms with Crippen LogP contribution in [0.2, 0.25) is 5.02 Å². The van der Waals surface area contributed by atoms with Gasteiger partial charge in [-0.2, -0.15) is 0 Å². The predicted molar refractivity (Wildman–Crippen MR) is 89.2 cm³/mol. The van der Waals surface area contributed by atoms with Crippen molar-refractivity contribution in [1.82, 2.24) is 4.90 Å². The number of ether oxygens (including phenoxy) is 1. The van der Waals surface area contributed by atoms with Crippen LogP contribution in [0.25, 0.3) is 0 Å². The van der Waals surface area contributed by atoms with Crippen LogP contribution >= 0.6 is 11.6 Å². The molecule has 0 bridgehead atoms. The number of rotatable bonds is 6. The molecular weight excluding hydrogens is 298 g/mol. The van der Waals surface area contributed by atoms with Gasteiger partial charge >= 0.3 is 0 Å². The average Bonchev–Trinajstić information content (AvgIpc) is 2.51. The Balaban J connectivity index is 1.95. The van der Waals surface area contributed by atoms with Gasteiger partial charge in [0.1, 0.15) is 5.75 Å². The molecule has 0 radical (unpaired) electrons. The van der Waals surface area contributed by atoms with Crippen molar-refractivity contribution in [2.75, 3.05) is 13.7 Å². The van der Waals surface area contributed by atoms with E-state index in [4.69, 9.17) is 16.3 Å². The molecular formula is C18H20ClNO2. The molecule has 0 fully saturated rings. The summed E-state index contributed by atoms with van der Waals surface area (Å²) in [6.45, 7) is 3.09. The third-order valence-electron chi connectivity index (χ3n) is 3.38. The van der Waals surface area contributed by atoms with Crippen LogP contribution in [0.5, 0.6) is 5.75 Å². The molecule has 0 aliphatic carbocycles. The van der Waals surface area contributed by atoms with Crippen LogP contribution in [0.3, 0.4) is 0 Å². The highest BCUT2D eigenvalue weighted by molar-refractivity contribution is 6.31. The second-order valence-electron chi connectivity index (χ2n) is 5.09. The normalized spacial score (nSPS) is 10.3. The fraction of sp³-hybridized carbons (Fsp3) is 0.278. The SMILES string of the molecule is CCOc1ccc(CC(=O)N(C)Cc2ccccc2Cl)cc1. The zero-order valence-electron chi connectivity index (χ0n) is 12.9. The van der Waals surface area contributed by atoms with Gasteiger partial charge in [0.05, 0.1) is 13.0 Å². The molecule has 4 heteroatoms. The summed E-state index contributed by atoms with van der Waals surface area (Å²) in [7, 11) is 1.79. The fourth-order valence-electron chi connectivity index (χ4n) is 2.15. The summed E-state index contributed by atoms with van der Waals surface area (Å²) in [5.41, 5.74) is 1.92. The highest BCUT2D eigenvalue weighted by Crippen LogP contribution is 2.17. The van der Waals surface area contributed by atoms with Crippen LogP contribution in [0.15, 0.2) is 48.5 Å². The molecule has 0 saturated carbocycles. The van der Waals surface area contributed by atoms with Gasteiger partial charge in [-0.1, -0.05) is 41.9 Å². The lowest BCUT2D eigenvalue weighted by atomic mass is 10.1. The van der Waals surface area contributed by atoms with E-state index in [9.17, 15) is 4.79 Å². The number of likely N-dealkylation sites (N-methyl/N-ethyl adjacent to an activating group) is 1. The Morgan fingerprint density at radius 2 is 1.82 bits per heavy atom. The second-order valence-corrected chi connectivity index (χ2v) is 5.50. The predicted octanol–water partition coefficient (Wildman–Crippen LogP) is 3.94. The molecule has 0 N–H and O–H groups in total. The van der Waals surface area contributed by atoms with Gasteiger partial charge in [0.25, 0.3) is 0 Å². The number of hydrogen-bond donors (Lipinski definition) is 0. The number of benzene rings is 2. The Morgan fingerprint density at radius 1 is 1.14 bits per heavy atom. The fourth-order valence-corrected chi connectivity index (χ4v) is 2.35. The van der Waals surface area contributed by atoms with Gasteiger partial charge in [-0.15, -0.1) is 0 Å². The summed E-state index contributed by atoms with van der Waals surface area (Å²) in [5, 5.41) is 0.684. The van der Waals surface area contributed by atoms with Gasteiger partial charge in [-0.25, -0.2) is 0 Å². The number of carbonyl (C=O) groups excluding carboxylic acids is 1. The second kappa shape index (κ2) is 7.85. The Kier molecular flexibility index (Phi) is 5.84. The first-order valence-electron chi connectivity index (χ1n) is 7.29. The van der Waals surface area contributed by atoms with Crippen LogP contribution in [0, 0.1) is 0 Å². The van der Waals surface area contributed by atoms with Crippen molar-refractivity contribution < 1.29 is 9.53 Å². The smallest absolute Gasteiger partial charge is 0.227 e. The Labute approximate surface area is 136 Å². The van der Waals surface area contributed by atoms with E-state index in [0.717, 1.165) is 16.9 Å². The van der Waals surface area contributed by atoms with Gasteiger partial charge in [-0.3, -0.25) is 4.79 Å². The van der Waals surface area contributed by atoms with E-state index in [1.54, 1.807) is 11.9 Å². The summed E-state index contributed by atoms with van der Waals surface area (Å²) in [4.78, 5) is 14.0. The topological polar surface area (TPSA) is 29.5 Å². The maximum atomic E-state index is 12.3. The standard InChI is InChI=1S/C18H20ClNO2/c1-3-22-16-10-8-14(9-11-16)12-18(21)20(2)13-15-6-4-5-7-17(15)19/h4-11H,3,12-13H2,1-2H3. The third-order valence-corrected chi connectivity index (χ3v) is 3.75. The maximum Gasteiger partial charge on any atom is 0.227 e. The quantitative estimate of drug-likeness (QED) is 0.807. The molecule has 0 saturated heterocycles. The van der Waals surface area contributed by atoms with Gasteiger partial charge in [0.2, 0.25) is 5.91 Å². The summed E-state index contributed by atoms with van der Waals surface area (Å²) >= 11 is 6.13. The van der Waals surface area contributed by atoms with Crippen molar-refractivity contribution in [1.29, 1.82) is 0 Å². The molecule has 2 aromatic rings. The minimum Gasteiger partial charge on any atom is -0.494 e. The third kappa shape index (κ3) is 4.50. The minimum atomic E-state index is 0.0593. The molecule has 0 atom stereocenters. The number of hydrogen-bond acceptors (Lipinski definition) is 2. The van der Waals surface area contributed by atoms with E-state index in [1.165, 1.54) is 0 Å². The highest BCUT2D eigenvalue weighted by Gasteiger charge is 2.11. The van der Waals surface area contributed by atoms with Crippen molar-refractivity contribution in [2.45, 2.75) is 19.9 Å². The number of nitrogens with zero attached hydrogens (tertiary/aromatic N) is 1. The molecule has 0 aliphatic rings. The number of halogens is 1. The zero-order chi connectivity index (χ0) is 15.9. The lowest BCUT2D eigenvalue weighted by Gasteiger charge is -2.18. The number of amides is 1. The highest BCUT2D eigenvalue weighted by atomic mass is 35.5. The van der Waals surface area contributed by atoms with E-state index in [-0.39, 0.29) is 5.91 Å². The molecule has 116 valence electrons. The Morgan fingerprint density at radius 3 is 2.45 bits per heavy atom. The van der Waals surface area contributed by atoms with Crippen molar-refractivity contribution in [3.8, 4) is 5.75 Å². The summed E-state index contributed by atoms with van der Waals surface area (Å²) in [6.07, 6.45) is 0.368. The van der Waals surface area contributed by atoms with E-state index < -0.39 is 0 Å². The largest absolute Gasteiger partial charge is 0.494 e. The van der Waals surface area contributed by atoms with Crippen LogP contribution in [-0.2, 0) is 17.8 Å². The van der Waals surface area contributed by atoms with Crippen molar-refractivity contribution in [3.63, 3.8) is 0 Å². The van der Waals surface area contributed by atoms with E-state index >= 15 is 0 Å². The van der Waals surface area contributed by atoms with Gasteiger partial charge in [0, 0.05) is 18.6 Å². The molecule has 0 unspecified atom stereocenters. The lowest BCUT2D eigenvalue weighted by Crippen LogP contribution is -2.27. The molecule has 1 amide bonds. The van der Waals surface area contributed by atoms with Gasteiger partial charge in [-0.05, 0) is 36.2 Å². The van der Waals surface area contributed by atoms with Crippen LogP contribution < -0.4 is 4.74 Å². The molecule has 3 nitrogen and oxygen atoms in total. The van der Waals surface area contributed by atoms with Crippen LogP contribution in [0.1, 0.15) is 18.1 Å². The molecule has 0 spiro atoms. The molecule has 2 rings (SSSR count). The molecule has 2 aromatic carbocycles. The van der Waals surface area contributed by atoms with Crippen LogP contribution in [-0.4, -0.2) is 24.5 Å². The first-order chi connectivity index (χ1) is 10.6. The minimum absolute atomic E-state index is 0.0593. The molecule has 0 aromatic heterocycles. The first kappa shape index (κ1) is 16.4. The summed E-state index contributed by atoms with van der Waals surface area (Å²) in [6, 6.07) is 15.2. The van der Waals surface area contributed by atoms with E-state index in [1.807, 2.05) is 55.5 Å². The summed E-state index contributed by atoms with van der Waals surface area (Å²) < 4.78 is 5.40. The van der Waals surface area contributed by atoms with E-state index in [2.05, 4.69) is 0 Å². The first-order valence-corrected chi connectivity index (χ1v) is 7.67. The molecule has 0 aliphatic heterocycles. The van der Waals surface area contributed by atoms with Gasteiger partial charge in [0.15, 0.2) is 0 Å². The lowest BCUT2D eigenvalue weighted by molar-refractivity contribution is -0.129. The Hall–Kier alpha value is -2.00. The summed E-state index contributed by atoms with van der Waals surface area (Å²) in [5.74, 6) is 0.882. The van der Waals surface area contributed by atoms with Crippen molar-refractivity contribution in [3.05, 3.63) is 64.7 Å². The van der Waals surface area contributed by atoms with E-state index in [0.29, 0.717) is 24.6 Å². The van der Waals surface area contributed by atoms with Crippen molar-refractivity contribution >= 4 is 17.5 Å². The zero-order valence-corrected chi connectivity index (χ0v) is 13.6. The Bertz CT molecular complexity index is 625. The molecule has 0 heterocycles. The van der Waals surface area contributed by atoms with Crippen LogP contribution in [0.4, 0.5) is 0 Å². The maximum absolute atomic E-state index is 12.3. The van der Waals surface area contributed by atoms with Gasteiger partial charge < -0.3 is 9.64 Å². The van der Waals surface area contributed by atoms with Crippen molar-refractivity contribution in [2.24, 2.45) is 0 Å².